The Hall–Kier alpha value is 1.77. The van der Waals surface area contributed by atoms with Crippen LogP contribution in [-0.4, -0.2) is 9.63 Å². The third-order valence-corrected chi connectivity index (χ3v) is 0.429. The summed E-state index contributed by atoms with van der Waals surface area (Å²) in [4.78, 5) is 0. The topological polar surface area (TPSA) is 0 Å². The lowest BCUT2D eigenvalue weighted by Gasteiger charge is -1.69. The second-order valence-electron chi connectivity index (χ2n) is 0.600. The highest BCUT2D eigenvalue weighted by Gasteiger charge is 1.78. The molecule has 0 rings (SSSR count). The summed E-state index contributed by atoms with van der Waals surface area (Å²) in [5.41, 5.74) is 2.48. The Labute approximate surface area is 101 Å². The van der Waals surface area contributed by atoms with Crippen LogP contribution in [0.5, 0.6) is 0 Å². The lowest BCUT2D eigenvalue weighted by atomic mass is 11.3. The smallest absolute Gasteiger partial charge is 0.109 e. The summed E-state index contributed by atoms with van der Waals surface area (Å²) in [7, 11) is 0. The molecular formula is C4H5Cl7. The molecule has 0 bridgehead atoms. The number of halogens is 7. The van der Waals surface area contributed by atoms with E-state index >= 15 is 0 Å². The first kappa shape index (κ1) is 18.5. The molecule has 0 nitrogen and oxygen atoms in total. The van der Waals surface area contributed by atoms with Crippen molar-refractivity contribution in [3.63, 3.8) is 0 Å². The summed E-state index contributed by atoms with van der Waals surface area (Å²) < 4.78 is -0.750. The van der Waals surface area contributed by atoms with Gasteiger partial charge in [-0.1, -0.05) is 58.0 Å². The highest BCUT2D eigenvalue weighted by atomic mass is 35.6. The zero-order valence-electron chi connectivity index (χ0n) is 5.08. The molecule has 0 unspecified atom stereocenters. The van der Waals surface area contributed by atoms with Crippen LogP contribution in [-0.2, 0) is 0 Å². The van der Waals surface area contributed by atoms with Gasteiger partial charge < -0.3 is 0 Å². The average Bonchev–Trinajstić information content (AvgIpc) is 1.88. The zero-order valence-corrected chi connectivity index (χ0v) is 10.4. The van der Waals surface area contributed by atoms with Crippen LogP contribution in [0.2, 0.25) is 0 Å². The van der Waals surface area contributed by atoms with Gasteiger partial charge in [0.2, 0.25) is 0 Å². The van der Waals surface area contributed by atoms with Gasteiger partial charge in [0, 0.05) is 11.1 Å². The molecule has 0 N–H and O–H groups in total. The molecule has 0 atom stereocenters. The maximum absolute atomic E-state index is 4.87. The quantitative estimate of drug-likeness (QED) is 0.530. The van der Waals surface area contributed by atoms with Gasteiger partial charge in [-0.05, 0) is 0 Å². The van der Waals surface area contributed by atoms with E-state index in [4.69, 9.17) is 81.2 Å². The summed E-state index contributed by atoms with van der Waals surface area (Å²) in [6.07, 6.45) is 0. The van der Waals surface area contributed by atoms with Crippen molar-refractivity contribution in [2.75, 3.05) is 5.34 Å². The summed E-state index contributed by atoms with van der Waals surface area (Å²) in [6, 6.07) is 0. The molecule has 0 radical (unpaired) electrons. The molecular weight excluding hydrogens is 296 g/mol. The number of hydrogen-bond donors (Lipinski definition) is 0. The second-order valence-corrected chi connectivity index (χ2v) is 3.89. The molecule has 0 saturated carbocycles. The van der Waals surface area contributed by atoms with Gasteiger partial charge in [-0.2, -0.15) is 0 Å². The Morgan fingerprint density at radius 3 is 1.00 bits per heavy atom. The minimum absolute atomic E-state index is 0.194. The molecule has 0 aliphatic heterocycles. The largest absolute Gasteiger partial charge is 0.180 e. The molecule has 0 amide bonds. The van der Waals surface area contributed by atoms with Crippen molar-refractivity contribution in [2.45, 2.75) is 4.30 Å². The highest BCUT2D eigenvalue weighted by Crippen LogP contribution is 2.03. The Bertz CT molecular complexity index is 54.7. The van der Waals surface area contributed by atoms with E-state index < -0.39 is 4.30 Å². The third-order valence-electron chi connectivity index (χ3n) is 0.0476. The van der Waals surface area contributed by atoms with Crippen LogP contribution in [0.4, 0.5) is 0 Å². The second kappa shape index (κ2) is 22.6. The molecule has 0 aliphatic rings. The van der Waals surface area contributed by atoms with Crippen LogP contribution in [0.15, 0.2) is 11.1 Å². The molecule has 0 aromatic heterocycles. The molecule has 0 heterocycles. The maximum Gasteiger partial charge on any atom is 0.180 e. The minimum Gasteiger partial charge on any atom is -0.109 e. The molecule has 11 heavy (non-hydrogen) atoms. The van der Waals surface area contributed by atoms with Gasteiger partial charge in [0.15, 0.2) is 4.30 Å². The minimum atomic E-state index is -0.750. The highest BCUT2D eigenvalue weighted by molar-refractivity contribution is 6.63. The van der Waals surface area contributed by atoms with Gasteiger partial charge in [0.05, 0.1) is 5.34 Å². The van der Waals surface area contributed by atoms with E-state index in [9.17, 15) is 0 Å². The molecule has 0 aromatic rings. The standard InChI is InChI=1S/C2H2Cl2.CHCl3.CH2Cl2/c3-1-2-4;2-1(3)4;2-1-3/h1-2H;1H;1H2. The fraction of sp³-hybridized carbons (Fsp3) is 0.500. The average molecular weight is 301 g/mol. The monoisotopic (exact) mass is 298 g/mol. The van der Waals surface area contributed by atoms with Crippen molar-refractivity contribution in [3.05, 3.63) is 11.1 Å². The van der Waals surface area contributed by atoms with Crippen molar-refractivity contribution in [3.8, 4) is 0 Å². The third kappa shape index (κ3) is 146. The Kier molecular flexibility index (Phi) is 38.1. The molecule has 0 aliphatic carbocycles. The maximum atomic E-state index is 4.87. The van der Waals surface area contributed by atoms with Crippen LogP contribution < -0.4 is 0 Å². The van der Waals surface area contributed by atoms with E-state index in [0.29, 0.717) is 0 Å². The van der Waals surface area contributed by atoms with Crippen LogP contribution in [0.1, 0.15) is 0 Å². The molecule has 0 aromatic carbocycles. The first-order valence-corrected chi connectivity index (χ1v) is 5.21. The van der Waals surface area contributed by atoms with E-state index in [1.165, 1.54) is 11.1 Å². The van der Waals surface area contributed by atoms with Crippen molar-refractivity contribution in [2.24, 2.45) is 0 Å². The Morgan fingerprint density at radius 1 is 0.909 bits per heavy atom. The SMILES string of the molecule is ClC(Cl)Cl.ClC=CCl.ClCCl. The summed E-state index contributed by atoms with van der Waals surface area (Å²) in [5.74, 6) is 0. The first-order chi connectivity index (χ1) is 5.06. The predicted octanol–water partition coefficient (Wildman–Crippen LogP) is 5.34. The van der Waals surface area contributed by atoms with E-state index in [0.717, 1.165) is 0 Å². The van der Waals surface area contributed by atoms with Crippen LogP contribution in [0, 0.1) is 0 Å². The lowest BCUT2D eigenvalue weighted by molar-refractivity contribution is 1.96. The number of alkyl halides is 5. The van der Waals surface area contributed by atoms with Crippen molar-refractivity contribution < 1.29 is 0 Å². The van der Waals surface area contributed by atoms with Crippen molar-refractivity contribution in [1.29, 1.82) is 0 Å². The van der Waals surface area contributed by atoms with Gasteiger partial charge in [-0.25, -0.2) is 0 Å². The van der Waals surface area contributed by atoms with Gasteiger partial charge in [-0.15, -0.1) is 23.2 Å². The van der Waals surface area contributed by atoms with Crippen molar-refractivity contribution in [1.82, 2.24) is 0 Å². The number of rotatable bonds is 0. The summed E-state index contributed by atoms with van der Waals surface area (Å²) in [5, 5.41) is 0.194. The van der Waals surface area contributed by atoms with Crippen LogP contribution in [0.3, 0.4) is 0 Å². The fourth-order valence-electron chi connectivity index (χ4n) is 0. The molecule has 0 fully saturated rings. The molecule has 7 heteroatoms. The van der Waals surface area contributed by atoms with Gasteiger partial charge >= 0.3 is 0 Å². The first-order valence-electron chi connectivity index (χ1n) is 1.96. The number of hydrogen-bond acceptors (Lipinski definition) is 0. The fourth-order valence-corrected chi connectivity index (χ4v) is 0. The summed E-state index contributed by atoms with van der Waals surface area (Å²) in [6.45, 7) is 0. The molecule has 0 saturated heterocycles. The summed E-state index contributed by atoms with van der Waals surface area (Å²) >= 11 is 33.7. The van der Waals surface area contributed by atoms with E-state index in [1.54, 1.807) is 0 Å². The van der Waals surface area contributed by atoms with E-state index in [1.807, 2.05) is 0 Å². The zero-order chi connectivity index (χ0) is 9.70. The van der Waals surface area contributed by atoms with Crippen LogP contribution in [0.25, 0.3) is 0 Å². The molecule has 0 spiro atoms. The van der Waals surface area contributed by atoms with E-state index in [-0.39, 0.29) is 5.34 Å². The predicted molar refractivity (Wildman–Crippen MR) is 58.8 cm³/mol. The Morgan fingerprint density at radius 2 is 1.00 bits per heavy atom. The van der Waals surface area contributed by atoms with E-state index in [2.05, 4.69) is 0 Å². The normalized spacial score (nSPS) is 8.36. The van der Waals surface area contributed by atoms with Crippen molar-refractivity contribution >= 4 is 81.2 Å². The molecule has 70 valence electrons. The van der Waals surface area contributed by atoms with Gasteiger partial charge in [0.25, 0.3) is 0 Å². The van der Waals surface area contributed by atoms with Crippen LogP contribution >= 0.6 is 81.2 Å². The van der Waals surface area contributed by atoms with Gasteiger partial charge in [0.1, 0.15) is 0 Å². The van der Waals surface area contributed by atoms with Gasteiger partial charge in [-0.3, -0.25) is 0 Å². The lowest BCUT2D eigenvalue weighted by Crippen LogP contribution is -1.55. The Balaban J connectivity index is -0.0000000886.